The number of rotatable bonds is 1. The Morgan fingerprint density at radius 1 is 0.897 bits per heavy atom. The Bertz CT molecular complexity index is 1590. The van der Waals surface area contributed by atoms with Crippen molar-refractivity contribution < 1.29 is 8.98 Å². The summed E-state index contributed by atoms with van der Waals surface area (Å²) in [4.78, 5) is 4.64. The Labute approximate surface area is 171 Å². The van der Waals surface area contributed by atoms with Crippen LogP contribution in [0, 0.1) is 13.8 Å². The average Bonchev–Trinajstić information content (AvgIpc) is 3.30. The molecule has 0 fully saturated rings. The van der Waals surface area contributed by atoms with Gasteiger partial charge in [0.1, 0.15) is 15.9 Å². The summed E-state index contributed by atoms with van der Waals surface area (Å²) in [6, 6.07) is 17.2. The number of aryl methyl sites for hydroxylation is 3. The van der Waals surface area contributed by atoms with Gasteiger partial charge in [-0.1, -0.05) is 30.3 Å². The summed E-state index contributed by atoms with van der Waals surface area (Å²) in [5.74, 6) is 0. The number of aromatic nitrogens is 2. The van der Waals surface area contributed by atoms with E-state index in [1.807, 2.05) is 6.33 Å². The van der Waals surface area contributed by atoms with Gasteiger partial charge in [0.15, 0.2) is 11.2 Å². The van der Waals surface area contributed by atoms with E-state index >= 15 is 0 Å². The molecule has 4 heteroatoms. The highest BCUT2D eigenvalue weighted by atomic mass is 32.1. The largest absolute Gasteiger partial charge is 0.455 e. The number of furan rings is 1. The first-order valence-electron chi connectivity index (χ1n) is 9.70. The Morgan fingerprint density at radius 3 is 2.59 bits per heavy atom. The molecule has 0 spiro atoms. The number of fused-ring (bicyclic) bond motifs is 6. The number of benzene rings is 3. The molecule has 0 aliphatic carbocycles. The highest BCUT2D eigenvalue weighted by Gasteiger charge is 2.22. The molecule has 0 unspecified atom stereocenters. The molecule has 3 aromatic carbocycles. The molecule has 6 rings (SSSR count). The molecule has 6 aromatic rings. The first-order valence-corrected chi connectivity index (χ1v) is 10.6. The maximum atomic E-state index is 6.49. The van der Waals surface area contributed by atoms with Crippen molar-refractivity contribution in [2.24, 2.45) is 7.05 Å². The standard InChI is InChI=1S/C25H19N2OS/c1-14-12-29-25-21(14)26-13-27(3)22(25)17-10-11-19-20-9-8-16-6-4-5-7-18(16)24(20)28-23(19)15(17)2/h4-13H,1-3H3/q+1. The van der Waals surface area contributed by atoms with Gasteiger partial charge in [-0.05, 0) is 47.8 Å². The van der Waals surface area contributed by atoms with Crippen LogP contribution in [0.5, 0.6) is 0 Å². The number of nitrogens with zero attached hydrogens (tertiary/aromatic N) is 2. The monoisotopic (exact) mass is 395 g/mol. The van der Waals surface area contributed by atoms with Crippen molar-refractivity contribution in [1.82, 2.24) is 4.98 Å². The summed E-state index contributed by atoms with van der Waals surface area (Å²) in [6.07, 6.45) is 1.91. The van der Waals surface area contributed by atoms with E-state index in [-0.39, 0.29) is 0 Å². The van der Waals surface area contributed by atoms with Crippen LogP contribution in [0.1, 0.15) is 11.1 Å². The van der Waals surface area contributed by atoms with Gasteiger partial charge < -0.3 is 4.42 Å². The third-order valence-electron chi connectivity index (χ3n) is 5.90. The van der Waals surface area contributed by atoms with Crippen molar-refractivity contribution in [3.8, 4) is 11.3 Å². The molecular formula is C25H19N2OS+. The van der Waals surface area contributed by atoms with E-state index in [9.17, 15) is 0 Å². The minimum atomic E-state index is 0.965. The van der Waals surface area contributed by atoms with Crippen molar-refractivity contribution in [3.63, 3.8) is 0 Å². The zero-order chi connectivity index (χ0) is 19.7. The molecule has 0 saturated carbocycles. The SMILES string of the molecule is Cc1csc2c(-c3ccc4c(oc5c6ccccc6ccc45)c3C)[n+](C)cnc12. The summed E-state index contributed by atoms with van der Waals surface area (Å²) in [5.41, 5.74) is 7.79. The second kappa shape index (κ2) is 5.88. The lowest BCUT2D eigenvalue weighted by Gasteiger charge is -2.07. The van der Waals surface area contributed by atoms with Crippen molar-refractivity contribution in [1.29, 1.82) is 0 Å². The number of thiophene rings is 1. The molecule has 0 bridgehead atoms. The normalized spacial score (nSPS) is 12.0. The van der Waals surface area contributed by atoms with Crippen LogP contribution in [-0.2, 0) is 7.05 Å². The van der Waals surface area contributed by atoms with Crippen LogP contribution in [0.25, 0.3) is 54.2 Å². The Hall–Kier alpha value is -3.24. The molecule has 3 aromatic heterocycles. The summed E-state index contributed by atoms with van der Waals surface area (Å²) >= 11 is 1.76. The topological polar surface area (TPSA) is 29.9 Å². The second-order valence-electron chi connectivity index (χ2n) is 7.68. The van der Waals surface area contributed by atoms with Gasteiger partial charge in [0, 0.05) is 32.8 Å². The van der Waals surface area contributed by atoms with Gasteiger partial charge in [-0.25, -0.2) is 4.57 Å². The fourth-order valence-corrected chi connectivity index (χ4v) is 5.50. The Kier molecular flexibility index (Phi) is 3.38. The predicted octanol–water partition coefficient (Wildman–Crippen LogP) is 6.46. The van der Waals surface area contributed by atoms with Gasteiger partial charge in [0.2, 0.25) is 0 Å². The van der Waals surface area contributed by atoms with E-state index in [0.29, 0.717) is 0 Å². The second-order valence-corrected chi connectivity index (χ2v) is 8.56. The quantitative estimate of drug-likeness (QED) is 0.299. The minimum Gasteiger partial charge on any atom is -0.455 e. The maximum Gasteiger partial charge on any atom is 0.287 e. The third-order valence-corrected chi connectivity index (χ3v) is 7.00. The third kappa shape index (κ3) is 2.23. The molecule has 0 amide bonds. The van der Waals surface area contributed by atoms with Crippen LogP contribution < -0.4 is 4.57 Å². The highest BCUT2D eigenvalue weighted by Crippen LogP contribution is 2.40. The van der Waals surface area contributed by atoms with Gasteiger partial charge in [0.05, 0.1) is 7.05 Å². The summed E-state index contributed by atoms with van der Waals surface area (Å²) in [5, 5.41) is 6.88. The molecule has 0 aliphatic rings. The molecule has 29 heavy (non-hydrogen) atoms. The molecule has 3 heterocycles. The van der Waals surface area contributed by atoms with Gasteiger partial charge in [-0.15, -0.1) is 11.3 Å². The molecule has 0 atom stereocenters. The molecule has 0 saturated heterocycles. The van der Waals surface area contributed by atoms with Crippen molar-refractivity contribution in [2.45, 2.75) is 13.8 Å². The smallest absolute Gasteiger partial charge is 0.287 e. The molecule has 3 nitrogen and oxygen atoms in total. The Morgan fingerprint density at radius 2 is 1.69 bits per heavy atom. The summed E-state index contributed by atoms with van der Waals surface area (Å²) in [7, 11) is 2.06. The van der Waals surface area contributed by atoms with Crippen LogP contribution in [-0.4, -0.2) is 4.98 Å². The lowest BCUT2D eigenvalue weighted by Crippen LogP contribution is -2.31. The number of hydrogen-bond donors (Lipinski definition) is 0. The van der Waals surface area contributed by atoms with Crippen LogP contribution in [0.4, 0.5) is 0 Å². The first kappa shape index (κ1) is 16.7. The Balaban J connectivity index is 1.72. The van der Waals surface area contributed by atoms with E-state index in [1.54, 1.807) is 11.3 Å². The average molecular weight is 396 g/mol. The lowest BCUT2D eigenvalue weighted by atomic mass is 10.00. The van der Waals surface area contributed by atoms with E-state index in [2.05, 4.69) is 84.4 Å². The molecular weight excluding hydrogens is 376 g/mol. The first-order chi connectivity index (χ1) is 14.1. The lowest BCUT2D eigenvalue weighted by molar-refractivity contribution is -0.662. The predicted molar refractivity (Wildman–Crippen MR) is 120 cm³/mol. The van der Waals surface area contributed by atoms with Crippen LogP contribution in [0.2, 0.25) is 0 Å². The molecule has 0 N–H and O–H groups in total. The maximum absolute atomic E-state index is 6.49. The van der Waals surface area contributed by atoms with E-state index in [0.717, 1.165) is 27.6 Å². The minimum absolute atomic E-state index is 0.965. The van der Waals surface area contributed by atoms with Gasteiger partial charge in [0.25, 0.3) is 6.33 Å². The van der Waals surface area contributed by atoms with E-state index in [4.69, 9.17) is 4.42 Å². The zero-order valence-electron chi connectivity index (χ0n) is 16.5. The molecule has 140 valence electrons. The highest BCUT2D eigenvalue weighted by molar-refractivity contribution is 7.17. The summed E-state index contributed by atoms with van der Waals surface area (Å²) in [6.45, 7) is 4.28. The number of hydrogen-bond acceptors (Lipinski definition) is 3. The van der Waals surface area contributed by atoms with Crippen molar-refractivity contribution >= 4 is 54.3 Å². The molecule has 0 aliphatic heterocycles. The van der Waals surface area contributed by atoms with E-state index in [1.165, 1.54) is 37.7 Å². The summed E-state index contributed by atoms with van der Waals surface area (Å²) < 4.78 is 9.83. The van der Waals surface area contributed by atoms with Crippen LogP contribution in [0.15, 0.2) is 64.7 Å². The van der Waals surface area contributed by atoms with E-state index < -0.39 is 0 Å². The van der Waals surface area contributed by atoms with Crippen molar-refractivity contribution in [3.05, 3.63) is 71.4 Å². The fraction of sp³-hybridized carbons (Fsp3) is 0.120. The van der Waals surface area contributed by atoms with Gasteiger partial charge in [-0.3, -0.25) is 0 Å². The zero-order valence-corrected chi connectivity index (χ0v) is 17.3. The fourth-order valence-electron chi connectivity index (χ4n) is 4.40. The molecule has 0 radical (unpaired) electrons. The van der Waals surface area contributed by atoms with Gasteiger partial charge in [-0.2, -0.15) is 0 Å². The van der Waals surface area contributed by atoms with Crippen molar-refractivity contribution in [2.75, 3.05) is 0 Å². The van der Waals surface area contributed by atoms with Gasteiger partial charge >= 0.3 is 0 Å². The van der Waals surface area contributed by atoms with Crippen LogP contribution >= 0.6 is 11.3 Å². The van der Waals surface area contributed by atoms with Crippen LogP contribution in [0.3, 0.4) is 0 Å².